The van der Waals surface area contributed by atoms with Crippen molar-refractivity contribution in [2.24, 2.45) is 5.10 Å². The lowest BCUT2D eigenvalue weighted by Gasteiger charge is -2.03. The van der Waals surface area contributed by atoms with Crippen LogP contribution in [0.3, 0.4) is 0 Å². The molecule has 22 heavy (non-hydrogen) atoms. The summed E-state index contributed by atoms with van der Waals surface area (Å²) in [7, 11) is 0. The summed E-state index contributed by atoms with van der Waals surface area (Å²) in [6.45, 7) is 0.161. The van der Waals surface area contributed by atoms with Crippen molar-refractivity contribution in [3.8, 4) is 5.75 Å². The number of rotatable bonds is 4. The summed E-state index contributed by atoms with van der Waals surface area (Å²) in [6.07, 6.45) is 2.97. The number of amides is 2. The molecule has 2 amide bonds. The van der Waals surface area contributed by atoms with Gasteiger partial charge in [-0.15, -0.1) is 0 Å². The van der Waals surface area contributed by atoms with Gasteiger partial charge in [-0.2, -0.15) is 5.10 Å². The molecule has 0 aliphatic carbocycles. The van der Waals surface area contributed by atoms with E-state index >= 15 is 0 Å². The number of carbonyl (C=O) groups is 2. The summed E-state index contributed by atoms with van der Waals surface area (Å²) in [5, 5.41) is 15.2. The Balaban J connectivity index is 1.79. The van der Waals surface area contributed by atoms with Crippen molar-refractivity contribution in [3.63, 3.8) is 0 Å². The molecule has 0 fully saturated rings. The van der Waals surface area contributed by atoms with Crippen LogP contribution < -0.4 is 10.7 Å². The van der Waals surface area contributed by atoms with Gasteiger partial charge in [0.2, 0.25) is 0 Å². The van der Waals surface area contributed by atoms with Gasteiger partial charge in [0, 0.05) is 6.20 Å². The second-order valence-electron chi connectivity index (χ2n) is 4.29. The molecule has 0 aliphatic heterocycles. The molecule has 1 heterocycles. The zero-order chi connectivity index (χ0) is 15.8. The highest BCUT2D eigenvalue weighted by Crippen LogP contribution is 2.07. The van der Waals surface area contributed by atoms with Gasteiger partial charge in [0.05, 0.1) is 18.5 Å². The topological polar surface area (TPSA) is 104 Å². The van der Waals surface area contributed by atoms with Gasteiger partial charge in [0.25, 0.3) is 0 Å². The Morgan fingerprint density at radius 1 is 1.14 bits per heavy atom. The molecule has 7 heteroatoms. The minimum absolute atomic E-state index is 0.134. The molecule has 0 aliphatic rings. The van der Waals surface area contributed by atoms with E-state index in [-0.39, 0.29) is 12.3 Å². The monoisotopic (exact) mass is 298 g/mol. The van der Waals surface area contributed by atoms with Crippen molar-refractivity contribution in [1.82, 2.24) is 15.7 Å². The van der Waals surface area contributed by atoms with Gasteiger partial charge in [0.1, 0.15) is 5.75 Å². The van der Waals surface area contributed by atoms with Crippen LogP contribution in [0.2, 0.25) is 0 Å². The predicted molar refractivity (Wildman–Crippen MR) is 79.9 cm³/mol. The average molecular weight is 298 g/mol. The molecule has 2 aromatic rings. The van der Waals surface area contributed by atoms with Crippen LogP contribution in [0.5, 0.6) is 5.75 Å². The molecule has 1 aromatic heterocycles. The first kappa shape index (κ1) is 15.2. The van der Waals surface area contributed by atoms with E-state index in [1.54, 1.807) is 36.5 Å². The highest BCUT2D eigenvalue weighted by atomic mass is 16.3. The van der Waals surface area contributed by atoms with Gasteiger partial charge in [-0.1, -0.05) is 6.07 Å². The largest absolute Gasteiger partial charge is 0.508 e. The maximum atomic E-state index is 11.5. The number of benzene rings is 1. The molecule has 3 N–H and O–H groups in total. The number of hydrazone groups is 1. The molecular formula is C15H14N4O3. The Hall–Kier alpha value is -3.22. The fourth-order valence-electron chi connectivity index (χ4n) is 1.53. The van der Waals surface area contributed by atoms with Crippen LogP contribution in [0.25, 0.3) is 0 Å². The Labute approximate surface area is 126 Å². The number of nitrogens with zero attached hydrogens (tertiary/aromatic N) is 2. The summed E-state index contributed by atoms with van der Waals surface area (Å²) in [5.74, 6) is -1.53. The standard InChI is InChI=1S/C15H14N4O3/c20-13-6-4-11(5-7-13)9-18-19-15(22)14(21)17-10-12-3-1-2-8-16-12/h1-9,20H,10H2,(H,17,21)(H,19,22)/b18-9-. The SMILES string of the molecule is O=C(NCc1ccccn1)C(=O)N/N=C\c1ccc(O)cc1. The third-order valence-corrected chi connectivity index (χ3v) is 2.64. The number of carbonyl (C=O) groups excluding carboxylic acids is 2. The Morgan fingerprint density at radius 3 is 2.59 bits per heavy atom. The van der Waals surface area contributed by atoms with E-state index in [2.05, 4.69) is 20.8 Å². The van der Waals surface area contributed by atoms with Crippen LogP contribution in [0, 0.1) is 0 Å². The van der Waals surface area contributed by atoms with Gasteiger partial charge in [-0.05, 0) is 42.0 Å². The van der Waals surface area contributed by atoms with Gasteiger partial charge in [0.15, 0.2) is 0 Å². The van der Waals surface area contributed by atoms with E-state index in [1.807, 2.05) is 0 Å². The quantitative estimate of drug-likeness (QED) is 0.435. The number of aromatic hydroxyl groups is 1. The van der Waals surface area contributed by atoms with E-state index in [0.29, 0.717) is 11.3 Å². The van der Waals surface area contributed by atoms with Crippen LogP contribution >= 0.6 is 0 Å². The first-order valence-corrected chi connectivity index (χ1v) is 6.45. The van der Waals surface area contributed by atoms with Crippen LogP contribution in [-0.2, 0) is 16.1 Å². The molecule has 0 bridgehead atoms. The molecule has 0 atom stereocenters. The van der Waals surface area contributed by atoms with Crippen molar-refractivity contribution in [3.05, 3.63) is 59.9 Å². The first-order chi connectivity index (χ1) is 10.6. The number of pyridine rings is 1. The third kappa shape index (κ3) is 4.71. The lowest BCUT2D eigenvalue weighted by molar-refractivity contribution is -0.139. The number of phenolic OH excluding ortho intramolecular Hbond substituents is 1. The molecule has 7 nitrogen and oxygen atoms in total. The molecule has 0 spiro atoms. The average Bonchev–Trinajstić information content (AvgIpc) is 2.55. The Bertz CT molecular complexity index is 669. The van der Waals surface area contributed by atoms with E-state index in [0.717, 1.165) is 0 Å². The van der Waals surface area contributed by atoms with E-state index in [4.69, 9.17) is 5.11 Å². The molecule has 0 unspecified atom stereocenters. The number of hydrogen-bond acceptors (Lipinski definition) is 5. The molecule has 0 saturated carbocycles. The molecular weight excluding hydrogens is 284 g/mol. The van der Waals surface area contributed by atoms with E-state index < -0.39 is 11.8 Å². The minimum atomic E-state index is -0.869. The normalized spacial score (nSPS) is 10.4. The third-order valence-electron chi connectivity index (χ3n) is 2.64. The van der Waals surface area contributed by atoms with Crippen molar-refractivity contribution in [1.29, 1.82) is 0 Å². The van der Waals surface area contributed by atoms with Crippen molar-refractivity contribution >= 4 is 18.0 Å². The minimum Gasteiger partial charge on any atom is -0.508 e. The summed E-state index contributed by atoms with van der Waals surface area (Å²) in [5.41, 5.74) is 3.44. The maximum Gasteiger partial charge on any atom is 0.329 e. The smallest absolute Gasteiger partial charge is 0.329 e. The van der Waals surface area contributed by atoms with Crippen LogP contribution in [0.4, 0.5) is 0 Å². The molecule has 2 rings (SSSR count). The molecule has 112 valence electrons. The highest BCUT2D eigenvalue weighted by molar-refractivity contribution is 6.35. The van der Waals surface area contributed by atoms with Crippen molar-refractivity contribution in [2.45, 2.75) is 6.54 Å². The van der Waals surface area contributed by atoms with Gasteiger partial charge < -0.3 is 10.4 Å². The molecule has 0 radical (unpaired) electrons. The summed E-state index contributed by atoms with van der Waals surface area (Å²) < 4.78 is 0. The summed E-state index contributed by atoms with van der Waals surface area (Å²) in [4.78, 5) is 27.1. The maximum absolute atomic E-state index is 11.5. The van der Waals surface area contributed by atoms with Gasteiger partial charge in [-0.25, -0.2) is 5.43 Å². The van der Waals surface area contributed by atoms with Crippen molar-refractivity contribution < 1.29 is 14.7 Å². The summed E-state index contributed by atoms with van der Waals surface area (Å²) in [6, 6.07) is 11.5. The van der Waals surface area contributed by atoms with E-state index in [1.165, 1.54) is 18.3 Å². The Kier molecular flexibility index (Phi) is 5.20. The Morgan fingerprint density at radius 2 is 1.91 bits per heavy atom. The van der Waals surface area contributed by atoms with Gasteiger partial charge in [-0.3, -0.25) is 14.6 Å². The second kappa shape index (κ2) is 7.53. The number of phenols is 1. The first-order valence-electron chi connectivity index (χ1n) is 6.45. The summed E-state index contributed by atoms with van der Waals surface area (Å²) >= 11 is 0. The zero-order valence-corrected chi connectivity index (χ0v) is 11.6. The number of hydrogen-bond donors (Lipinski definition) is 3. The van der Waals surface area contributed by atoms with Gasteiger partial charge >= 0.3 is 11.8 Å². The van der Waals surface area contributed by atoms with Crippen LogP contribution in [0.1, 0.15) is 11.3 Å². The van der Waals surface area contributed by atoms with E-state index in [9.17, 15) is 9.59 Å². The number of nitrogens with one attached hydrogen (secondary N) is 2. The van der Waals surface area contributed by atoms with Crippen LogP contribution in [-0.4, -0.2) is 28.1 Å². The fraction of sp³-hybridized carbons (Fsp3) is 0.0667. The highest BCUT2D eigenvalue weighted by Gasteiger charge is 2.11. The zero-order valence-electron chi connectivity index (χ0n) is 11.6. The van der Waals surface area contributed by atoms with Crippen LogP contribution in [0.15, 0.2) is 53.8 Å². The lowest BCUT2D eigenvalue weighted by Crippen LogP contribution is -2.37. The second-order valence-corrected chi connectivity index (χ2v) is 4.29. The molecule has 0 saturated heterocycles. The molecule has 1 aromatic carbocycles. The van der Waals surface area contributed by atoms with Crippen molar-refractivity contribution in [2.75, 3.05) is 0 Å². The predicted octanol–water partition coefficient (Wildman–Crippen LogP) is 0.554. The lowest BCUT2D eigenvalue weighted by atomic mass is 10.2. The number of aromatic nitrogens is 1. The fourth-order valence-corrected chi connectivity index (χ4v) is 1.53.